The Kier molecular flexibility index (Phi) is 12.0. The van der Waals surface area contributed by atoms with Crippen molar-refractivity contribution in [3.8, 4) is 0 Å². The Morgan fingerprint density at radius 2 is 1.12 bits per heavy atom. The Morgan fingerprint density at radius 1 is 0.750 bits per heavy atom. The fourth-order valence-corrected chi connectivity index (χ4v) is 2.37. The van der Waals surface area contributed by atoms with Crippen LogP contribution in [0.25, 0.3) is 0 Å². The van der Waals surface area contributed by atoms with Gasteiger partial charge < -0.3 is 5.11 Å². The van der Waals surface area contributed by atoms with Crippen LogP contribution in [0.4, 0.5) is 0 Å². The molecule has 0 aliphatic carbocycles. The van der Waals surface area contributed by atoms with E-state index < -0.39 is 5.97 Å². The van der Waals surface area contributed by atoms with Crippen LogP contribution >= 0.6 is 0 Å². The molecular formula is C22H36O2. The third kappa shape index (κ3) is 12.9. The zero-order valence-corrected chi connectivity index (χ0v) is 16.5. The summed E-state index contributed by atoms with van der Waals surface area (Å²) in [5.74, 6) is -1.02. The Hall–Kier alpha value is -1.57. The minimum Gasteiger partial charge on any atom is -0.481 e. The first-order chi connectivity index (χ1) is 11.2. The maximum atomic E-state index is 11.5. The van der Waals surface area contributed by atoms with Crippen molar-refractivity contribution in [1.29, 1.82) is 0 Å². The summed E-state index contributed by atoms with van der Waals surface area (Å²) in [7, 11) is 0. The molecule has 0 rings (SSSR count). The van der Waals surface area contributed by atoms with Crippen LogP contribution in [0.15, 0.2) is 46.6 Å². The first kappa shape index (κ1) is 22.4. The molecule has 2 heteroatoms. The summed E-state index contributed by atoms with van der Waals surface area (Å²) in [6, 6.07) is 0. The number of carbonyl (C=O) groups is 1. The summed E-state index contributed by atoms with van der Waals surface area (Å²) < 4.78 is 0. The Balaban J connectivity index is 4.47. The van der Waals surface area contributed by atoms with E-state index in [0.717, 1.165) is 25.7 Å². The van der Waals surface area contributed by atoms with Crippen LogP contribution < -0.4 is 0 Å². The van der Waals surface area contributed by atoms with Crippen molar-refractivity contribution in [2.75, 3.05) is 0 Å². The molecule has 24 heavy (non-hydrogen) atoms. The number of aliphatic carboxylic acids is 1. The molecule has 136 valence electrons. The molecule has 0 amide bonds. The molecule has 0 saturated heterocycles. The van der Waals surface area contributed by atoms with E-state index in [1.54, 1.807) is 0 Å². The number of carboxylic acids is 1. The van der Waals surface area contributed by atoms with Gasteiger partial charge in [-0.15, -0.1) is 0 Å². The SMILES string of the molecule is CC(C)=CCC/C(C)=C/CC(C/C=C(\C)CCC=C(C)C)C(=O)O. The van der Waals surface area contributed by atoms with Crippen molar-refractivity contribution in [1.82, 2.24) is 0 Å². The van der Waals surface area contributed by atoms with Crippen LogP contribution in [-0.2, 0) is 4.79 Å². The summed E-state index contributed by atoms with van der Waals surface area (Å²) in [5, 5.41) is 9.42. The van der Waals surface area contributed by atoms with E-state index in [1.165, 1.54) is 22.3 Å². The van der Waals surface area contributed by atoms with Gasteiger partial charge in [0.25, 0.3) is 0 Å². The molecular weight excluding hydrogens is 296 g/mol. The second-order valence-corrected chi connectivity index (χ2v) is 7.25. The lowest BCUT2D eigenvalue weighted by Gasteiger charge is -2.09. The fraction of sp³-hybridized carbons (Fsp3) is 0.591. The second-order valence-electron chi connectivity index (χ2n) is 7.25. The largest absolute Gasteiger partial charge is 0.481 e. The average molecular weight is 333 g/mol. The number of allylic oxidation sites excluding steroid dienone is 8. The molecule has 0 aromatic rings. The molecule has 0 saturated carbocycles. The number of carboxylic acid groups (broad SMARTS) is 1. The van der Waals surface area contributed by atoms with Gasteiger partial charge >= 0.3 is 5.97 Å². The van der Waals surface area contributed by atoms with Gasteiger partial charge in [0.1, 0.15) is 0 Å². The maximum Gasteiger partial charge on any atom is 0.307 e. The molecule has 0 aliphatic rings. The van der Waals surface area contributed by atoms with E-state index in [4.69, 9.17) is 0 Å². The van der Waals surface area contributed by atoms with E-state index in [0.29, 0.717) is 12.8 Å². The van der Waals surface area contributed by atoms with Crippen LogP contribution in [0.3, 0.4) is 0 Å². The van der Waals surface area contributed by atoms with Gasteiger partial charge in [-0.1, -0.05) is 46.6 Å². The molecule has 0 aromatic carbocycles. The van der Waals surface area contributed by atoms with E-state index in [2.05, 4.69) is 65.8 Å². The minimum absolute atomic E-state index is 0.318. The van der Waals surface area contributed by atoms with Crippen molar-refractivity contribution in [3.63, 3.8) is 0 Å². The lowest BCUT2D eigenvalue weighted by atomic mass is 9.97. The monoisotopic (exact) mass is 332 g/mol. The Labute approximate surface area is 149 Å². The highest BCUT2D eigenvalue weighted by atomic mass is 16.4. The maximum absolute atomic E-state index is 11.5. The summed E-state index contributed by atoms with van der Waals surface area (Å²) in [5.41, 5.74) is 5.23. The Morgan fingerprint density at radius 3 is 1.42 bits per heavy atom. The predicted octanol–water partition coefficient (Wildman–Crippen LogP) is 6.85. The van der Waals surface area contributed by atoms with Gasteiger partial charge in [-0.25, -0.2) is 0 Å². The lowest BCUT2D eigenvalue weighted by molar-refractivity contribution is -0.141. The fourth-order valence-electron chi connectivity index (χ4n) is 2.37. The molecule has 0 aliphatic heterocycles. The van der Waals surface area contributed by atoms with Gasteiger partial charge in [0.05, 0.1) is 5.92 Å². The van der Waals surface area contributed by atoms with Crippen molar-refractivity contribution >= 4 is 5.97 Å². The molecule has 0 atom stereocenters. The second kappa shape index (κ2) is 12.8. The number of hydrogen-bond donors (Lipinski definition) is 1. The molecule has 0 unspecified atom stereocenters. The highest BCUT2D eigenvalue weighted by molar-refractivity contribution is 5.70. The summed E-state index contributed by atoms with van der Waals surface area (Å²) in [6.45, 7) is 12.6. The molecule has 0 heterocycles. The first-order valence-electron chi connectivity index (χ1n) is 9.03. The molecule has 0 fully saturated rings. The van der Waals surface area contributed by atoms with E-state index in [9.17, 15) is 9.90 Å². The highest BCUT2D eigenvalue weighted by Gasteiger charge is 2.14. The van der Waals surface area contributed by atoms with Crippen molar-refractivity contribution in [3.05, 3.63) is 46.6 Å². The summed E-state index contributed by atoms with van der Waals surface area (Å²) in [6.07, 6.45) is 14.0. The van der Waals surface area contributed by atoms with Crippen molar-refractivity contribution in [2.24, 2.45) is 5.92 Å². The predicted molar refractivity (Wildman–Crippen MR) is 105 cm³/mol. The quantitative estimate of drug-likeness (QED) is 0.420. The molecule has 0 radical (unpaired) electrons. The third-order valence-corrected chi connectivity index (χ3v) is 4.03. The first-order valence-corrected chi connectivity index (χ1v) is 9.03. The molecule has 1 N–H and O–H groups in total. The summed E-state index contributed by atoms with van der Waals surface area (Å²) >= 11 is 0. The molecule has 0 bridgehead atoms. The Bertz CT molecular complexity index is 456. The van der Waals surface area contributed by atoms with Crippen LogP contribution in [0.2, 0.25) is 0 Å². The van der Waals surface area contributed by atoms with E-state index in [1.807, 2.05) is 0 Å². The van der Waals surface area contributed by atoms with E-state index in [-0.39, 0.29) is 5.92 Å². The van der Waals surface area contributed by atoms with Gasteiger partial charge in [0, 0.05) is 0 Å². The van der Waals surface area contributed by atoms with Crippen LogP contribution in [0, 0.1) is 5.92 Å². The van der Waals surface area contributed by atoms with Crippen LogP contribution in [0.1, 0.15) is 80.1 Å². The average Bonchev–Trinajstić information content (AvgIpc) is 2.45. The van der Waals surface area contributed by atoms with Gasteiger partial charge in [-0.05, 0) is 80.1 Å². The van der Waals surface area contributed by atoms with Gasteiger partial charge in [-0.2, -0.15) is 0 Å². The minimum atomic E-state index is -0.698. The zero-order valence-electron chi connectivity index (χ0n) is 16.5. The van der Waals surface area contributed by atoms with Crippen molar-refractivity contribution in [2.45, 2.75) is 80.1 Å². The van der Waals surface area contributed by atoms with Crippen LogP contribution in [-0.4, -0.2) is 11.1 Å². The molecule has 0 aromatic heterocycles. The van der Waals surface area contributed by atoms with Gasteiger partial charge in [-0.3, -0.25) is 4.79 Å². The topological polar surface area (TPSA) is 37.3 Å². The molecule has 0 spiro atoms. The van der Waals surface area contributed by atoms with Gasteiger partial charge in [0.15, 0.2) is 0 Å². The molecule has 2 nitrogen and oxygen atoms in total. The normalized spacial score (nSPS) is 13.4. The number of hydrogen-bond acceptors (Lipinski definition) is 1. The number of rotatable bonds is 11. The van der Waals surface area contributed by atoms with E-state index >= 15 is 0 Å². The van der Waals surface area contributed by atoms with Crippen molar-refractivity contribution < 1.29 is 9.90 Å². The zero-order chi connectivity index (χ0) is 18.5. The smallest absolute Gasteiger partial charge is 0.307 e. The highest BCUT2D eigenvalue weighted by Crippen LogP contribution is 2.17. The van der Waals surface area contributed by atoms with Gasteiger partial charge in [0.2, 0.25) is 0 Å². The standard InChI is InChI=1S/C22H36O2/c1-17(2)9-7-11-19(5)13-15-21(22(23)24)16-14-20(6)12-8-10-18(3)4/h9-10,13-14,21H,7-8,11-12,15-16H2,1-6H3,(H,23,24)/b19-13+,20-14+. The lowest BCUT2D eigenvalue weighted by Crippen LogP contribution is -2.12. The van der Waals surface area contributed by atoms with Crippen LogP contribution in [0.5, 0.6) is 0 Å². The summed E-state index contributed by atoms with van der Waals surface area (Å²) in [4.78, 5) is 11.5. The third-order valence-electron chi connectivity index (χ3n) is 4.03.